The normalized spacial score (nSPS) is 10.2. The molecule has 0 unspecified atom stereocenters. The van der Waals surface area contributed by atoms with Crippen LogP contribution in [0.5, 0.6) is 0 Å². The maximum absolute atomic E-state index is 11.7. The molecule has 2 heteroatoms. The predicted octanol–water partition coefficient (Wildman–Crippen LogP) is 3.66. The number of hydrogen-bond acceptors (Lipinski definition) is 1. The molecule has 2 aromatic rings. The average Bonchev–Trinajstić information content (AvgIpc) is 2.32. The Hall–Kier alpha value is -2.09. The van der Waals surface area contributed by atoms with Crippen molar-refractivity contribution in [1.29, 1.82) is 0 Å². The topological polar surface area (TPSA) is 29.1 Å². The SMILES string of the molecule is C=C(C)C(=O)Nc1c(C)ccc2ccccc12. The molecule has 0 heterocycles. The summed E-state index contributed by atoms with van der Waals surface area (Å²) >= 11 is 0. The lowest BCUT2D eigenvalue weighted by Gasteiger charge is -2.11. The van der Waals surface area contributed by atoms with Crippen LogP contribution in [0.3, 0.4) is 0 Å². The molecule has 1 N–H and O–H groups in total. The molecule has 0 fully saturated rings. The maximum atomic E-state index is 11.7. The summed E-state index contributed by atoms with van der Waals surface area (Å²) in [5, 5.41) is 5.09. The zero-order chi connectivity index (χ0) is 12.4. The molecule has 0 aliphatic rings. The zero-order valence-corrected chi connectivity index (χ0v) is 10.1. The summed E-state index contributed by atoms with van der Waals surface area (Å²) in [4.78, 5) is 11.7. The Morgan fingerprint density at radius 2 is 1.88 bits per heavy atom. The van der Waals surface area contributed by atoms with E-state index in [0.29, 0.717) is 5.57 Å². The van der Waals surface area contributed by atoms with Crippen LogP contribution >= 0.6 is 0 Å². The lowest BCUT2D eigenvalue weighted by molar-refractivity contribution is -0.112. The van der Waals surface area contributed by atoms with Crippen LogP contribution in [-0.4, -0.2) is 5.91 Å². The van der Waals surface area contributed by atoms with Gasteiger partial charge in [0.2, 0.25) is 0 Å². The minimum Gasteiger partial charge on any atom is -0.321 e. The first kappa shape index (κ1) is 11.4. The zero-order valence-electron chi connectivity index (χ0n) is 10.1. The van der Waals surface area contributed by atoms with Crippen molar-refractivity contribution in [2.75, 3.05) is 5.32 Å². The molecule has 0 saturated heterocycles. The van der Waals surface area contributed by atoms with Crippen LogP contribution in [0.15, 0.2) is 48.6 Å². The van der Waals surface area contributed by atoms with Crippen molar-refractivity contribution in [3.05, 3.63) is 54.1 Å². The second kappa shape index (κ2) is 4.42. The molecule has 0 atom stereocenters. The molecule has 17 heavy (non-hydrogen) atoms. The smallest absolute Gasteiger partial charge is 0.250 e. The number of carbonyl (C=O) groups is 1. The van der Waals surface area contributed by atoms with Crippen LogP contribution in [0.2, 0.25) is 0 Å². The summed E-state index contributed by atoms with van der Waals surface area (Å²) in [6.45, 7) is 7.34. The standard InChI is InChI=1S/C15H15NO/c1-10(2)15(17)16-14-11(3)8-9-12-6-4-5-7-13(12)14/h4-9H,1H2,2-3H3,(H,16,17). The number of amides is 1. The third-order valence-corrected chi connectivity index (χ3v) is 2.76. The fourth-order valence-corrected chi connectivity index (χ4v) is 1.77. The predicted molar refractivity (Wildman–Crippen MR) is 72.1 cm³/mol. The van der Waals surface area contributed by atoms with Gasteiger partial charge in [0.25, 0.3) is 5.91 Å². The monoisotopic (exact) mass is 225 g/mol. The number of benzene rings is 2. The van der Waals surface area contributed by atoms with E-state index in [4.69, 9.17) is 0 Å². The molecule has 0 saturated carbocycles. The Balaban J connectivity index is 2.55. The summed E-state index contributed by atoms with van der Waals surface area (Å²) in [5.41, 5.74) is 2.44. The van der Waals surface area contributed by atoms with Gasteiger partial charge in [0, 0.05) is 11.0 Å². The van der Waals surface area contributed by atoms with Crippen molar-refractivity contribution >= 4 is 22.4 Å². The summed E-state index contributed by atoms with van der Waals surface area (Å²) < 4.78 is 0. The summed E-state index contributed by atoms with van der Waals surface area (Å²) in [5.74, 6) is -0.135. The lowest BCUT2D eigenvalue weighted by Crippen LogP contribution is -2.13. The number of nitrogens with one attached hydrogen (secondary N) is 1. The fourth-order valence-electron chi connectivity index (χ4n) is 1.77. The molecule has 86 valence electrons. The van der Waals surface area contributed by atoms with Crippen LogP contribution in [0.4, 0.5) is 5.69 Å². The van der Waals surface area contributed by atoms with E-state index in [1.165, 1.54) is 0 Å². The van der Waals surface area contributed by atoms with Gasteiger partial charge in [0.05, 0.1) is 5.69 Å². The van der Waals surface area contributed by atoms with E-state index in [9.17, 15) is 4.79 Å². The van der Waals surface area contributed by atoms with E-state index >= 15 is 0 Å². The first-order chi connectivity index (χ1) is 8.09. The van der Waals surface area contributed by atoms with Crippen molar-refractivity contribution in [1.82, 2.24) is 0 Å². The van der Waals surface area contributed by atoms with Gasteiger partial charge in [-0.15, -0.1) is 0 Å². The van der Waals surface area contributed by atoms with Crippen molar-refractivity contribution < 1.29 is 4.79 Å². The van der Waals surface area contributed by atoms with Crippen LogP contribution in [0.1, 0.15) is 12.5 Å². The quantitative estimate of drug-likeness (QED) is 0.776. The highest BCUT2D eigenvalue weighted by Gasteiger charge is 2.08. The van der Waals surface area contributed by atoms with Gasteiger partial charge in [-0.25, -0.2) is 0 Å². The molecule has 0 radical (unpaired) electrons. The summed E-state index contributed by atoms with van der Waals surface area (Å²) in [6, 6.07) is 12.1. The lowest BCUT2D eigenvalue weighted by atomic mass is 10.0. The van der Waals surface area contributed by atoms with Gasteiger partial charge in [-0.1, -0.05) is 43.0 Å². The highest BCUT2D eigenvalue weighted by Crippen LogP contribution is 2.27. The number of carbonyl (C=O) groups excluding carboxylic acids is 1. The van der Waals surface area contributed by atoms with Crippen molar-refractivity contribution in [2.24, 2.45) is 0 Å². The van der Waals surface area contributed by atoms with Gasteiger partial charge in [-0.3, -0.25) is 4.79 Å². The molecule has 0 spiro atoms. The minimum atomic E-state index is -0.135. The van der Waals surface area contributed by atoms with Crippen LogP contribution in [0, 0.1) is 6.92 Å². The largest absolute Gasteiger partial charge is 0.321 e. The highest BCUT2D eigenvalue weighted by molar-refractivity contribution is 6.09. The second-order valence-electron chi connectivity index (χ2n) is 4.21. The maximum Gasteiger partial charge on any atom is 0.250 e. The molecular formula is C15H15NO. The van der Waals surface area contributed by atoms with Gasteiger partial charge in [0.1, 0.15) is 0 Å². The first-order valence-corrected chi connectivity index (χ1v) is 5.55. The van der Waals surface area contributed by atoms with Crippen molar-refractivity contribution in [2.45, 2.75) is 13.8 Å². The average molecular weight is 225 g/mol. The summed E-state index contributed by atoms with van der Waals surface area (Å²) in [6.07, 6.45) is 0. The van der Waals surface area contributed by atoms with E-state index in [2.05, 4.69) is 18.0 Å². The number of rotatable bonds is 2. The summed E-state index contributed by atoms with van der Waals surface area (Å²) in [7, 11) is 0. The van der Waals surface area contributed by atoms with Crippen LogP contribution in [-0.2, 0) is 4.79 Å². The number of anilines is 1. The van der Waals surface area contributed by atoms with Crippen LogP contribution in [0.25, 0.3) is 10.8 Å². The van der Waals surface area contributed by atoms with Crippen molar-refractivity contribution in [3.8, 4) is 0 Å². The Bertz CT molecular complexity index is 599. The fraction of sp³-hybridized carbons (Fsp3) is 0.133. The van der Waals surface area contributed by atoms with E-state index < -0.39 is 0 Å². The van der Waals surface area contributed by atoms with Gasteiger partial charge in [0.15, 0.2) is 0 Å². The molecule has 0 aliphatic heterocycles. The first-order valence-electron chi connectivity index (χ1n) is 5.55. The second-order valence-corrected chi connectivity index (χ2v) is 4.21. The van der Waals surface area contributed by atoms with Gasteiger partial charge < -0.3 is 5.32 Å². The molecule has 2 aromatic carbocycles. The van der Waals surface area contributed by atoms with E-state index in [1.54, 1.807) is 6.92 Å². The Kier molecular flexibility index (Phi) is 2.96. The molecule has 0 bridgehead atoms. The number of fused-ring (bicyclic) bond motifs is 1. The number of aryl methyl sites for hydroxylation is 1. The third-order valence-electron chi connectivity index (χ3n) is 2.76. The van der Waals surface area contributed by atoms with Gasteiger partial charge in [-0.2, -0.15) is 0 Å². The molecule has 1 amide bonds. The molecule has 2 nitrogen and oxygen atoms in total. The van der Waals surface area contributed by atoms with E-state index in [-0.39, 0.29) is 5.91 Å². The van der Waals surface area contributed by atoms with Gasteiger partial charge in [-0.05, 0) is 24.8 Å². The third kappa shape index (κ3) is 2.21. The molecule has 0 aliphatic carbocycles. The molecule has 0 aromatic heterocycles. The van der Waals surface area contributed by atoms with E-state index in [1.807, 2.05) is 37.3 Å². The van der Waals surface area contributed by atoms with E-state index in [0.717, 1.165) is 22.0 Å². The highest BCUT2D eigenvalue weighted by atomic mass is 16.1. The Morgan fingerprint density at radius 3 is 2.59 bits per heavy atom. The minimum absolute atomic E-state index is 0.135. The Morgan fingerprint density at radius 1 is 1.18 bits per heavy atom. The Labute approximate surface area is 101 Å². The van der Waals surface area contributed by atoms with Crippen molar-refractivity contribution in [3.63, 3.8) is 0 Å². The van der Waals surface area contributed by atoms with Gasteiger partial charge >= 0.3 is 0 Å². The number of hydrogen-bond donors (Lipinski definition) is 1. The molecular weight excluding hydrogens is 210 g/mol. The van der Waals surface area contributed by atoms with Crippen LogP contribution < -0.4 is 5.32 Å². The molecule has 2 rings (SSSR count).